The average molecular weight is 406 g/mol. The fourth-order valence-corrected chi connectivity index (χ4v) is 3.84. The van der Waals surface area contributed by atoms with Crippen molar-refractivity contribution in [3.05, 3.63) is 59.0 Å². The third kappa shape index (κ3) is 3.77. The van der Waals surface area contributed by atoms with Crippen LogP contribution in [0.1, 0.15) is 71.7 Å². The number of nitrogens with one attached hydrogen (secondary N) is 1. The topological polar surface area (TPSA) is 97.0 Å². The maximum atomic E-state index is 13.4. The zero-order valence-electron chi connectivity index (χ0n) is 17.7. The first kappa shape index (κ1) is 20.0. The molecule has 156 valence electrons. The maximum absolute atomic E-state index is 13.4. The zero-order chi connectivity index (χ0) is 21.3. The van der Waals surface area contributed by atoms with E-state index in [4.69, 9.17) is 9.51 Å². The number of carbonyl (C=O) groups excluding carboxylic acids is 1. The van der Waals surface area contributed by atoms with E-state index < -0.39 is 0 Å². The van der Waals surface area contributed by atoms with Gasteiger partial charge in [0.1, 0.15) is 23.0 Å². The molecule has 0 spiro atoms. The van der Waals surface area contributed by atoms with Crippen LogP contribution in [0.2, 0.25) is 0 Å². The Morgan fingerprint density at radius 3 is 2.90 bits per heavy atom. The van der Waals surface area contributed by atoms with Gasteiger partial charge in [0.2, 0.25) is 0 Å². The van der Waals surface area contributed by atoms with Crippen LogP contribution in [0.5, 0.6) is 0 Å². The molecule has 1 saturated heterocycles. The lowest BCUT2D eigenvalue weighted by Gasteiger charge is -2.24. The summed E-state index contributed by atoms with van der Waals surface area (Å²) in [6, 6.07) is 3.74. The van der Waals surface area contributed by atoms with Gasteiger partial charge in [0.15, 0.2) is 0 Å². The maximum Gasteiger partial charge on any atom is 0.259 e. The first-order valence-corrected chi connectivity index (χ1v) is 10.2. The number of nitrogens with zero attached hydrogens (tertiary/aromatic N) is 5. The van der Waals surface area contributed by atoms with Gasteiger partial charge < -0.3 is 14.7 Å². The largest absolute Gasteiger partial charge is 0.361 e. The third-order valence-corrected chi connectivity index (χ3v) is 5.41. The number of rotatable bonds is 5. The Kier molecular flexibility index (Phi) is 5.48. The Morgan fingerprint density at radius 2 is 2.13 bits per heavy atom. The van der Waals surface area contributed by atoms with Crippen molar-refractivity contribution in [2.45, 2.75) is 52.5 Å². The monoisotopic (exact) mass is 406 g/mol. The van der Waals surface area contributed by atoms with Crippen LogP contribution in [0.25, 0.3) is 0 Å². The van der Waals surface area contributed by atoms with Crippen LogP contribution in [0.4, 0.5) is 11.6 Å². The van der Waals surface area contributed by atoms with E-state index >= 15 is 0 Å². The zero-order valence-corrected chi connectivity index (χ0v) is 17.7. The number of aromatic nitrogens is 4. The van der Waals surface area contributed by atoms with Crippen molar-refractivity contribution in [2.24, 2.45) is 0 Å². The van der Waals surface area contributed by atoms with E-state index in [2.05, 4.69) is 20.4 Å². The standard InChI is InChI=1S/C22H26N6O2/c1-13(2)20-19(15(4)30-27-20)22(29)28-10-6-8-17(28)16-11-23-12-18(25-16)26-21-14(3)7-5-9-24-21/h5,7,9,11-13,17H,6,8,10H2,1-4H3,(H,24,25,26). The number of carbonyl (C=O) groups is 1. The van der Waals surface area contributed by atoms with Crippen molar-refractivity contribution in [3.8, 4) is 0 Å². The Hall–Kier alpha value is -3.29. The molecule has 1 amide bonds. The summed E-state index contributed by atoms with van der Waals surface area (Å²) in [5.74, 6) is 1.96. The molecule has 1 N–H and O–H groups in total. The van der Waals surface area contributed by atoms with Gasteiger partial charge in [-0.25, -0.2) is 9.97 Å². The summed E-state index contributed by atoms with van der Waals surface area (Å²) in [7, 11) is 0. The molecule has 1 atom stereocenters. The van der Waals surface area contributed by atoms with E-state index in [0.29, 0.717) is 29.4 Å². The molecule has 0 radical (unpaired) electrons. The van der Waals surface area contributed by atoms with Gasteiger partial charge in [0.05, 0.1) is 29.8 Å². The van der Waals surface area contributed by atoms with Crippen molar-refractivity contribution in [1.29, 1.82) is 0 Å². The minimum atomic E-state index is -0.133. The van der Waals surface area contributed by atoms with Crippen LogP contribution in [-0.4, -0.2) is 37.5 Å². The molecule has 0 aliphatic carbocycles. The Bertz CT molecular complexity index is 1060. The Balaban J connectivity index is 1.61. The van der Waals surface area contributed by atoms with Crippen molar-refractivity contribution >= 4 is 17.5 Å². The van der Waals surface area contributed by atoms with E-state index in [0.717, 1.165) is 29.9 Å². The SMILES string of the molecule is Cc1cccnc1Nc1cncc(C2CCCN2C(=O)c2c(C(C)C)noc2C)n1. The second-order valence-electron chi connectivity index (χ2n) is 7.93. The van der Waals surface area contributed by atoms with Gasteiger partial charge in [0, 0.05) is 12.7 Å². The summed E-state index contributed by atoms with van der Waals surface area (Å²) >= 11 is 0. The van der Waals surface area contributed by atoms with Crippen LogP contribution < -0.4 is 5.32 Å². The fourth-order valence-electron chi connectivity index (χ4n) is 3.84. The van der Waals surface area contributed by atoms with Crippen molar-refractivity contribution in [2.75, 3.05) is 11.9 Å². The molecule has 1 unspecified atom stereocenters. The van der Waals surface area contributed by atoms with Gasteiger partial charge in [-0.2, -0.15) is 0 Å². The van der Waals surface area contributed by atoms with E-state index in [9.17, 15) is 4.79 Å². The van der Waals surface area contributed by atoms with Crippen LogP contribution in [0.15, 0.2) is 35.2 Å². The minimum absolute atomic E-state index is 0.0549. The lowest BCUT2D eigenvalue weighted by molar-refractivity contribution is 0.0729. The molecule has 30 heavy (non-hydrogen) atoms. The minimum Gasteiger partial charge on any atom is -0.361 e. The lowest BCUT2D eigenvalue weighted by Crippen LogP contribution is -2.32. The highest BCUT2D eigenvalue weighted by Crippen LogP contribution is 2.34. The first-order chi connectivity index (χ1) is 14.5. The Labute approximate surface area is 175 Å². The molecule has 1 fully saturated rings. The van der Waals surface area contributed by atoms with Crippen LogP contribution in [-0.2, 0) is 0 Å². The number of likely N-dealkylation sites (tertiary alicyclic amines) is 1. The van der Waals surface area contributed by atoms with Gasteiger partial charge >= 0.3 is 0 Å². The quantitative estimate of drug-likeness (QED) is 0.674. The fraction of sp³-hybridized carbons (Fsp3) is 0.409. The smallest absolute Gasteiger partial charge is 0.259 e. The number of hydrogen-bond acceptors (Lipinski definition) is 7. The molecule has 0 aromatic carbocycles. The highest BCUT2D eigenvalue weighted by molar-refractivity contribution is 5.96. The molecule has 4 heterocycles. The predicted octanol–water partition coefficient (Wildman–Crippen LogP) is 4.32. The normalized spacial score (nSPS) is 16.3. The van der Waals surface area contributed by atoms with E-state index in [1.54, 1.807) is 25.5 Å². The van der Waals surface area contributed by atoms with Gasteiger partial charge in [0.25, 0.3) is 5.91 Å². The summed E-state index contributed by atoms with van der Waals surface area (Å²) in [6.45, 7) is 8.46. The molecule has 1 aliphatic rings. The predicted molar refractivity (Wildman–Crippen MR) is 113 cm³/mol. The highest BCUT2D eigenvalue weighted by Gasteiger charge is 2.35. The molecular weight excluding hydrogens is 380 g/mol. The third-order valence-electron chi connectivity index (χ3n) is 5.41. The second kappa shape index (κ2) is 8.22. The second-order valence-corrected chi connectivity index (χ2v) is 7.93. The summed E-state index contributed by atoms with van der Waals surface area (Å²) in [6.07, 6.45) is 6.89. The van der Waals surface area contributed by atoms with Crippen LogP contribution in [0, 0.1) is 13.8 Å². The molecular formula is C22H26N6O2. The van der Waals surface area contributed by atoms with Crippen molar-refractivity contribution < 1.29 is 9.32 Å². The van der Waals surface area contributed by atoms with Crippen molar-refractivity contribution in [3.63, 3.8) is 0 Å². The summed E-state index contributed by atoms with van der Waals surface area (Å²) in [5.41, 5.74) is 3.06. The number of hydrogen-bond donors (Lipinski definition) is 1. The molecule has 3 aromatic rings. The number of aryl methyl sites for hydroxylation is 2. The van der Waals surface area contributed by atoms with Crippen LogP contribution >= 0.6 is 0 Å². The van der Waals surface area contributed by atoms with Crippen LogP contribution in [0.3, 0.4) is 0 Å². The molecule has 4 rings (SSSR count). The summed E-state index contributed by atoms with van der Waals surface area (Å²) in [4.78, 5) is 28.7. The molecule has 8 nitrogen and oxygen atoms in total. The number of pyridine rings is 1. The molecule has 8 heteroatoms. The van der Waals surface area contributed by atoms with Crippen molar-refractivity contribution in [1.82, 2.24) is 25.0 Å². The van der Waals surface area contributed by atoms with Gasteiger partial charge in [-0.1, -0.05) is 25.1 Å². The number of amides is 1. The van der Waals surface area contributed by atoms with E-state index in [1.165, 1.54) is 0 Å². The van der Waals surface area contributed by atoms with Gasteiger partial charge in [-0.05, 0) is 44.2 Å². The lowest BCUT2D eigenvalue weighted by atomic mass is 10.0. The first-order valence-electron chi connectivity index (χ1n) is 10.2. The Morgan fingerprint density at radius 1 is 1.30 bits per heavy atom. The molecule has 1 aliphatic heterocycles. The highest BCUT2D eigenvalue weighted by atomic mass is 16.5. The number of anilines is 2. The average Bonchev–Trinajstić information content (AvgIpc) is 3.36. The summed E-state index contributed by atoms with van der Waals surface area (Å²) in [5, 5.41) is 7.33. The molecule has 0 bridgehead atoms. The molecule has 0 saturated carbocycles. The molecule has 3 aromatic heterocycles. The van der Waals surface area contributed by atoms with E-state index in [1.807, 2.05) is 37.8 Å². The van der Waals surface area contributed by atoms with Gasteiger partial charge in [-0.3, -0.25) is 9.78 Å². The summed E-state index contributed by atoms with van der Waals surface area (Å²) < 4.78 is 5.33. The van der Waals surface area contributed by atoms with Gasteiger partial charge in [-0.15, -0.1) is 0 Å². The van der Waals surface area contributed by atoms with E-state index in [-0.39, 0.29) is 17.9 Å².